The van der Waals surface area contributed by atoms with E-state index in [1.807, 2.05) is 54.6 Å². The van der Waals surface area contributed by atoms with Gasteiger partial charge in [-0.2, -0.15) is 0 Å². The molecule has 1 N–H and O–H groups in total. The topological polar surface area (TPSA) is 27.7 Å². The Morgan fingerprint density at radius 2 is 1.64 bits per heavy atom. The zero-order valence-electron chi connectivity index (χ0n) is 18.7. The summed E-state index contributed by atoms with van der Waals surface area (Å²) in [4.78, 5) is 4.78. The molecular formula is C27H30Cl2N3O. The highest BCUT2D eigenvalue weighted by Gasteiger charge is 2.17. The van der Waals surface area contributed by atoms with E-state index in [-0.39, 0.29) is 0 Å². The number of anilines is 1. The SMILES string of the molecule is Clc1cccc(N2CCN([CH]CNCCc3cc(Cl)ccc3OCc3ccccc3)CC2)c1. The number of rotatable bonds is 10. The first-order valence-corrected chi connectivity index (χ1v) is 12.2. The molecule has 1 aliphatic rings. The molecule has 0 unspecified atom stereocenters. The average Bonchev–Trinajstić information content (AvgIpc) is 2.84. The lowest BCUT2D eigenvalue weighted by Gasteiger charge is -2.36. The van der Waals surface area contributed by atoms with Crippen molar-refractivity contribution in [2.75, 3.05) is 44.2 Å². The summed E-state index contributed by atoms with van der Waals surface area (Å²) in [5, 5.41) is 5.05. The quantitative estimate of drug-likeness (QED) is 0.375. The van der Waals surface area contributed by atoms with Crippen molar-refractivity contribution >= 4 is 28.9 Å². The van der Waals surface area contributed by atoms with Crippen LogP contribution in [-0.4, -0.2) is 44.2 Å². The zero-order chi connectivity index (χ0) is 22.9. The molecule has 6 heteroatoms. The lowest BCUT2D eigenvalue weighted by Crippen LogP contribution is -2.46. The summed E-state index contributed by atoms with van der Waals surface area (Å²) in [7, 11) is 0. The number of halogens is 2. The van der Waals surface area contributed by atoms with Crippen molar-refractivity contribution in [2.24, 2.45) is 0 Å². The fraction of sp³-hybridized carbons (Fsp3) is 0.296. The van der Waals surface area contributed by atoms with Gasteiger partial charge in [0.1, 0.15) is 12.4 Å². The third-order valence-electron chi connectivity index (χ3n) is 5.81. The van der Waals surface area contributed by atoms with Gasteiger partial charge in [0.2, 0.25) is 0 Å². The normalized spacial score (nSPS) is 14.4. The molecule has 1 aliphatic heterocycles. The Morgan fingerprint density at radius 3 is 2.42 bits per heavy atom. The van der Waals surface area contributed by atoms with Gasteiger partial charge < -0.3 is 15.0 Å². The molecule has 1 radical (unpaired) electrons. The first-order valence-electron chi connectivity index (χ1n) is 11.4. The van der Waals surface area contributed by atoms with E-state index in [9.17, 15) is 0 Å². The fourth-order valence-corrected chi connectivity index (χ4v) is 4.35. The molecule has 1 heterocycles. The van der Waals surface area contributed by atoms with Gasteiger partial charge in [0.05, 0.1) is 0 Å². The van der Waals surface area contributed by atoms with Crippen LogP contribution in [-0.2, 0) is 13.0 Å². The Morgan fingerprint density at radius 1 is 0.848 bits per heavy atom. The number of hydrogen-bond donors (Lipinski definition) is 1. The summed E-state index contributed by atoms with van der Waals surface area (Å²) in [5.41, 5.74) is 3.48. The molecule has 173 valence electrons. The molecule has 0 saturated carbocycles. The van der Waals surface area contributed by atoms with E-state index >= 15 is 0 Å². The van der Waals surface area contributed by atoms with Gasteiger partial charge in [-0.05, 0) is 60.5 Å². The van der Waals surface area contributed by atoms with E-state index in [1.54, 1.807) is 0 Å². The second-order valence-corrected chi connectivity index (χ2v) is 9.04. The van der Waals surface area contributed by atoms with Gasteiger partial charge in [0.25, 0.3) is 0 Å². The predicted octanol–water partition coefficient (Wildman–Crippen LogP) is 5.69. The van der Waals surface area contributed by atoms with Crippen molar-refractivity contribution in [2.45, 2.75) is 13.0 Å². The summed E-state index contributed by atoms with van der Waals surface area (Å²) in [6, 6.07) is 24.2. The first-order chi connectivity index (χ1) is 16.2. The van der Waals surface area contributed by atoms with E-state index in [2.05, 4.69) is 39.9 Å². The van der Waals surface area contributed by atoms with Gasteiger partial charge in [-0.15, -0.1) is 0 Å². The molecule has 1 fully saturated rings. The summed E-state index contributed by atoms with van der Waals surface area (Å²) in [6.45, 7) is 8.56. The van der Waals surface area contributed by atoms with Crippen LogP contribution in [0.1, 0.15) is 11.1 Å². The standard InChI is InChI=1S/C27H30Cl2N3O/c28-24-7-4-8-26(20-24)32-17-15-31(16-18-32)14-13-30-12-11-23-19-25(29)9-10-27(23)33-21-22-5-2-1-3-6-22/h1-10,14,19-20,30H,11-13,15-18,21H2. The van der Waals surface area contributed by atoms with Crippen LogP contribution >= 0.6 is 23.2 Å². The minimum absolute atomic E-state index is 0.553. The third-order valence-corrected chi connectivity index (χ3v) is 6.28. The average molecular weight is 483 g/mol. The third kappa shape index (κ3) is 7.38. The number of benzene rings is 3. The Balaban J connectivity index is 1.17. The van der Waals surface area contributed by atoms with Gasteiger partial charge in [-0.25, -0.2) is 0 Å². The van der Waals surface area contributed by atoms with Crippen molar-refractivity contribution in [3.8, 4) is 5.75 Å². The molecule has 0 atom stereocenters. The minimum Gasteiger partial charge on any atom is -0.489 e. The zero-order valence-corrected chi connectivity index (χ0v) is 20.2. The van der Waals surface area contributed by atoms with Crippen molar-refractivity contribution in [1.82, 2.24) is 10.2 Å². The maximum absolute atomic E-state index is 6.24. The molecule has 4 nitrogen and oxygen atoms in total. The molecular weight excluding hydrogens is 453 g/mol. The van der Waals surface area contributed by atoms with Crippen molar-refractivity contribution < 1.29 is 4.74 Å². The number of nitrogens with one attached hydrogen (secondary N) is 1. The van der Waals surface area contributed by atoms with E-state index < -0.39 is 0 Å². The van der Waals surface area contributed by atoms with Crippen LogP contribution in [0.3, 0.4) is 0 Å². The number of piperazine rings is 1. The lowest BCUT2D eigenvalue weighted by atomic mass is 10.1. The van der Waals surface area contributed by atoms with Gasteiger partial charge in [-0.3, -0.25) is 4.90 Å². The molecule has 33 heavy (non-hydrogen) atoms. The van der Waals surface area contributed by atoms with Crippen molar-refractivity contribution in [1.29, 1.82) is 0 Å². The second-order valence-electron chi connectivity index (χ2n) is 8.17. The highest BCUT2D eigenvalue weighted by atomic mass is 35.5. The van der Waals surface area contributed by atoms with E-state index in [0.717, 1.165) is 72.6 Å². The first kappa shape index (κ1) is 23.9. The molecule has 0 bridgehead atoms. The van der Waals surface area contributed by atoms with Gasteiger partial charge in [-0.1, -0.05) is 59.6 Å². The Hall–Kier alpha value is -2.24. The highest BCUT2D eigenvalue weighted by Crippen LogP contribution is 2.24. The Kier molecular flexibility index (Phi) is 8.90. The maximum atomic E-state index is 6.24. The highest BCUT2D eigenvalue weighted by molar-refractivity contribution is 6.31. The number of ether oxygens (including phenoxy) is 1. The van der Waals surface area contributed by atoms with E-state index in [1.165, 1.54) is 5.69 Å². The van der Waals surface area contributed by atoms with Crippen LogP contribution < -0.4 is 15.0 Å². The van der Waals surface area contributed by atoms with Crippen LogP contribution in [0.25, 0.3) is 0 Å². The summed E-state index contributed by atoms with van der Waals surface area (Å²) >= 11 is 12.4. The smallest absolute Gasteiger partial charge is 0.123 e. The van der Waals surface area contributed by atoms with Crippen LogP contribution in [0.15, 0.2) is 72.8 Å². The fourth-order valence-electron chi connectivity index (χ4n) is 3.97. The summed E-state index contributed by atoms with van der Waals surface area (Å²) in [5.74, 6) is 0.895. The van der Waals surface area contributed by atoms with Crippen molar-refractivity contribution in [3.05, 3.63) is 101 Å². The molecule has 1 saturated heterocycles. The number of hydrogen-bond acceptors (Lipinski definition) is 4. The largest absolute Gasteiger partial charge is 0.489 e. The maximum Gasteiger partial charge on any atom is 0.123 e. The molecule has 0 aliphatic carbocycles. The molecule has 0 spiro atoms. The Bertz CT molecular complexity index is 1010. The summed E-state index contributed by atoms with van der Waals surface area (Å²) in [6.07, 6.45) is 0.862. The monoisotopic (exact) mass is 482 g/mol. The molecule has 3 aromatic carbocycles. The lowest BCUT2D eigenvalue weighted by molar-refractivity contribution is 0.301. The summed E-state index contributed by atoms with van der Waals surface area (Å²) < 4.78 is 6.07. The molecule has 0 aromatic heterocycles. The van der Waals surface area contributed by atoms with Gasteiger partial charge in [0.15, 0.2) is 0 Å². The van der Waals surface area contributed by atoms with Crippen LogP contribution in [0.5, 0.6) is 5.75 Å². The molecule has 3 aromatic rings. The molecule has 0 amide bonds. The van der Waals surface area contributed by atoms with Crippen LogP contribution in [0.4, 0.5) is 5.69 Å². The molecule has 4 rings (SSSR count). The van der Waals surface area contributed by atoms with Gasteiger partial charge >= 0.3 is 0 Å². The van der Waals surface area contributed by atoms with E-state index in [0.29, 0.717) is 6.61 Å². The minimum atomic E-state index is 0.553. The van der Waals surface area contributed by atoms with Crippen LogP contribution in [0.2, 0.25) is 10.0 Å². The second kappa shape index (κ2) is 12.3. The van der Waals surface area contributed by atoms with Crippen LogP contribution in [0, 0.1) is 6.54 Å². The Labute approximate surface area is 207 Å². The number of nitrogens with zero attached hydrogens (tertiary/aromatic N) is 2. The predicted molar refractivity (Wildman–Crippen MR) is 138 cm³/mol. The van der Waals surface area contributed by atoms with E-state index in [4.69, 9.17) is 27.9 Å². The van der Waals surface area contributed by atoms with Crippen molar-refractivity contribution in [3.63, 3.8) is 0 Å². The van der Waals surface area contributed by atoms with Gasteiger partial charge in [0, 0.05) is 55.0 Å².